The molecule has 0 aliphatic heterocycles. The summed E-state index contributed by atoms with van der Waals surface area (Å²) >= 11 is 0. The summed E-state index contributed by atoms with van der Waals surface area (Å²) in [4.78, 5) is 23.1. The zero-order chi connectivity index (χ0) is 43.6. The second-order valence-electron chi connectivity index (χ2n) is 15.7. The van der Waals surface area contributed by atoms with Gasteiger partial charge >= 0.3 is 13.8 Å². The third-order valence-electron chi connectivity index (χ3n) is 10.4. The zero-order valence-corrected chi connectivity index (χ0v) is 37.0. The lowest BCUT2D eigenvalue weighted by molar-refractivity contribution is -0.220. The van der Waals surface area contributed by atoms with Crippen molar-refractivity contribution in [1.82, 2.24) is 0 Å². The smallest absolute Gasteiger partial charge is 0.457 e. The fourth-order valence-electron chi connectivity index (χ4n) is 6.56. The lowest BCUT2D eigenvalue weighted by Crippen LogP contribution is -2.64. The number of aliphatic hydroxyl groups is 6. The third-order valence-corrected chi connectivity index (χ3v) is 11.4. The van der Waals surface area contributed by atoms with E-state index in [0.717, 1.165) is 57.8 Å². The van der Waals surface area contributed by atoms with Gasteiger partial charge in [-0.2, -0.15) is 0 Å². The Morgan fingerprint density at radius 1 is 0.610 bits per heavy atom. The third kappa shape index (κ3) is 28.5. The summed E-state index contributed by atoms with van der Waals surface area (Å²) in [5, 5.41) is 59.7. The Kier molecular flexibility index (Phi) is 33.6. The standard InChI is InChI=1S/C45H81O13P/c1-3-5-6-7-8-9-10-11-16-19-22-25-28-31-34-55-35-38(36-56-59(53,54)58-45-43(51)41(49)40(48)42(50)44(45)52)57-39(47)33-30-27-24-21-18-15-13-12-14-17-20-23-26-29-32-37(46)4-2/h13-15,17,21,23-24,26,37-38,40-46,48-52H,3-12,16,18-20,22,25,27-36H2,1-2H3,(H,53,54). The van der Waals surface area contributed by atoms with Crippen LogP contribution in [0.4, 0.5) is 0 Å². The molecule has 344 valence electrons. The molecule has 1 saturated carbocycles. The van der Waals surface area contributed by atoms with Crippen molar-refractivity contribution >= 4 is 13.8 Å². The Morgan fingerprint density at radius 2 is 1.07 bits per heavy atom. The monoisotopic (exact) mass is 861 g/mol. The normalized spacial score (nSPS) is 23.5. The number of phosphoric acid groups is 1. The maximum Gasteiger partial charge on any atom is 0.472 e. The lowest BCUT2D eigenvalue weighted by atomic mass is 9.85. The average Bonchev–Trinajstić information content (AvgIpc) is 3.22. The molecule has 0 spiro atoms. The van der Waals surface area contributed by atoms with E-state index in [0.29, 0.717) is 19.4 Å². The van der Waals surface area contributed by atoms with Crippen LogP contribution in [-0.4, -0.2) is 110 Å². The Bertz CT molecular complexity index is 1180. The summed E-state index contributed by atoms with van der Waals surface area (Å²) in [6.45, 7) is 3.91. The molecule has 1 aliphatic rings. The van der Waals surface area contributed by atoms with Crippen LogP contribution in [0, 0.1) is 0 Å². The van der Waals surface area contributed by atoms with Crippen molar-refractivity contribution in [3.8, 4) is 0 Å². The highest BCUT2D eigenvalue weighted by Gasteiger charge is 2.51. The molecule has 0 amide bonds. The number of allylic oxidation sites excluding steroid dienone is 8. The fourth-order valence-corrected chi connectivity index (χ4v) is 7.54. The molecule has 0 aromatic rings. The Labute approximate surface area is 355 Å². The van der Waals surface area contributed by atoms with Gasteiger partial charge in [0.05, 0.1) is 19.3 Å². The number of hydrogen-bond acceptors (Lipinski definition) is 12. The molecule has 13 nitrogen and oxygen atoms in total. The van der Waals surface area contributed by atoms with E-state index in [1.807, 2.05) is 19.1 Å². The number of rotatable bonds is 37. The van der Waals surface area contributed by atoms with Crippen LogP contribution in [0.5, 0.6) is 0 Å². The first kappa shape index (κ1) is 55.3. The van der Waals surface area contributed by atoms with Gasteiger partial charge in [-0.05, 0) is 57.8 Å². The predicted octanol–water partition coefficient (Wildman–Crippen LogP) is 7.83. The summed E-state index contributed by atoms with van der Waals surface area (Å²) in [5.41, 5.74) is 0. The van der Waals surface area contributed by atoms with E-state index < -0.39 is 63.1 Å². The lowest BCUT2D eigenvalue weighted by Gasteiger charge is -2.41. The van der Waals surface area contributed by atoms with Gasteiger partial charge < -0.3 is 45.0 Å². The SMILES string of the molecule is CCCCCCCCCCCCCCCCOCC(COP(=O)(O)OC1C(O)C(O)C(O)C(O)C1O)OC(=O)CCCC=CCC=CCC=CCC=CCCC(O)CC. The summed E-state index contributed by atoms with van der Waals surface area (Å²) in [6.07, 6.45) is 27.0. The highest BCUT2D eigenvalue weighted by molar-refractivity contribution is 7.47. The molecule has 0 aromatic carbocycles. The molecule has 0 bridgehead atoms. The molecule has 1 rings (SSSR count). The summed E-state index contributed by atoms with van der Waals surface area (Å²) in [6, 6.07) is 0. The number of aliphatic hydroxyl groups excluding tert-OH is 6. The Balaban J connectivity index is 2.46. The van der Waals surface area contributed by atoms with Crippen LogP contribution < -0.4 is 0 Å². The van der Waals surface area contributed by atoms with Crippen LogP contribution >= 0.6 is 7.82 Å². The molecule has 7 atom stereocenters. The first-order valence-electron chi connectivity index (χ1n) is 22.5. The molecular weight excluding hydrogens is 779 g/mol. The summed E-state index contributed by atoms with van der Waals surface area (Å²) < 4.78 is 34.1. The van der Waals surface area contributed by atoms with Crippen molar-refractivity contribution in [1.29, 1.82) is 0 Å². The van der Waals surface area contributed by atoms with Gasteiger partial charge in [-0.3, -0.25) is 13.8 Å². The number of unbranched alkanes of at least 4 members (excludes halogenated alkanes) is 14. The second-order valence-corrected chi connectivity index (χ2v) is 17.1. The number of carbonyl (C=O) groups excluding carboxylic acids is 1. The molecule has 1 aliphatic carbocycles. The first-order valence-corrected chi connectivity index (χ1v) is 24.0. The van der Waals surface area contributed by atoms with Crippen molar-refractivity contribution < 1.29 is 63.4 Å². The molecular formula is C45H81O13P. The average molecular weight is 861 g/mol. The van der Waals surface area contributed by atoms with Gasteiger partial charge in [0, 0.05) is 13.0 Å². The van der Waals surface area contributed by atoms with Gasteiger partial charge in [0.25, 0.3) is 0 Å². The molecule has 7 N–H and O–H groups in total. The van der Waals surface area contributed by atoms with Crippen molar-refractivity contribution in [3.05, 3.63) is 48.6 Å². The molecule has 59 heavy (non-hydrogen) atoms. The van der Waals surface area contributed by atoms with Gasteiger partial charge in [0.1, 0.15) is 42.7 Å². The number of carbonyl (C=O) groups is 1. The molecule has 0 saturated heterocycles. The van der Waals surface area contributed by atoms with E-state index in [9.17, 15) is 44.9 Å². The molecule has 0 heterocycles. The number of phosphoric ester groups is 1. The molecule has 1 fully saturated rings. The van der Waals surface area contributed by atoms with E-state index >= 15 is 0 Å². The molecule has 14 heteroatoms. The minimum Gasteiger partial charge on any atom is -0.457 e. The van der Waals surface area contributed by atoms with Gasteiger partial charge in [0.15, 0.2) is 0 Å². The number of hydrogen-bond donors (Lipinski definition) is 7. The van der Waals surface area contributed by atoms with Crippen LogP contribution in [0.1, 0.15) is 162 Å². The minimum absolute atomic E-state index is 0.0971. The van der Waals surface area contributed by atoms with Crippen LogP contribution in [0.15, 0.2) is 48.6 Å². The zero-order valence-electron chi connectivity index (χ0n) is 36.1. The Morgan fingerprint density at radius 3 is 1.58 bits per heavy atom. The highest BCUT2D eigenvalue weighted by Crippen LogP contribution is 2.47. The molecule has 0 radical (unpaired) electrons. The summed E-state index contributed by atoms with van der Waals surface area (Å²) in [5.74, 6) is -0.542. The van der Waals surface area contributed by atoms with E-state index in [4.69, 9.17) is 18.5 Å². The van der Waals surface area contributed by atoms with Crippen LogP contribution in [0.2, 0.25) is 0 Å². The quantitative estimate of drug-likeness (QED) is 0.0138. The van der Waals surface area contributed by atoms with Gasteiger partial charge in [-0.25, -0.2) is 4.57 Å². The Hall–Kier alpha value is -1.74. The largest absolute Gasteiger partial charge is 0.472 e. The van der Waals surface area contributed by atoms with Crippen molar-refractivity contribution in [2.24, 2.45) is 0 Å². The second kappa shape index (κ2) is 35.8. The highest BCUT2D eigenvalue weighted by atomic mass is 31.2. The minimum atomic E-state index is -5.04. The van der Waals surface area contributed by atoms with E-state index in [1.54, 1.807) is 0 Å². The maximum absolute atomic E-state index is 12.8. The molecule has 7 unspecified atom stereocenters. The fraction of sp³-hybridized carbons (Fsp3) is 0.800. The summed E-state index contributed by atoms with van der Waals surface area (Å²) in [7, 11) is -5.04. The number of ether oxygens (including phenoxy) is 2. The van der Waals surface area contributed by atoms with Crippen molar-refractivity contribution in [2.45, 2.75) is 210 Å². The van der Waals surface area contributed by atoms with Gasteiger partial charge in [-0.15, -0.1) is 0 Å². The van der Waals surface area contributed by atoms with Crippen molar-refractivity contribution in [3.63, 3.8) is 0 Å². The topological polar surface area (TPSA) is 213 Å². The number of esters is 1. The van der Waals surface area contributed by atoms with E-state index in [1.165, 1.54) is 70.6 Å². The predicted molar refractivity (Wildman–Crippen MR) is 231 cm³/mol. The van der Waals surface area contributed by atoms with Gasteiger partial charge in [0.2, 0.25) is 0 Å². The van der Waals surface area contributed by atoms with Crippen LogP contribution in [-0.2, 0) is 27.9 Å². The maximum atomic E-state index is 12.8. The van der Waals surface area contributed by atoms with Crippen LogP contribution in [0.25, 0.3) is 0 Å². The first-order chi connectivity index (χ1) is 28.4. The molecule has 0 aromatic heterocycles. The van der Waals surface area contributed by atoms with Crippen molar-refractivity contribution in [2.75, 3.05) is 19.8 Å². The van der Waals surface area contributed by atoms with Crippen LogP contribution in [0.3, 0.4) is 0 Å². The van der Waals surface area contributed by atoms with E-state index in [2.05, 4.69) is 43.4 Å². The van der Waals surface area contributed by atoms with Gasteiger partial charge in [-0.1, -0.05) is 146 Å². The van der Waals surface area contributed by atoms with E-state index in [-0.39, 0.29) is 19.1 Å².